The first-order chi connectivity index (χ1) is 10.3. The van der Waals surface area contributed by atoms with Crippen molar-refractivity contribution in [2.45, 2.75) is 6.42 Å². The van der Waals surface area contributed by atoms with E-state index < -0.39 is 0 Å². The smallest absolute Gasteiger partial charge is 0.181 e. The number of oxazole rings is 1. The van der Waals surface area contributed by atoms with Crippen LogP contribution in [0.4, 0.5) is 5.69 Å². The summed E-state index contributed by atoms with van der Waals surface area (Å²) in [6.45, 7) is 1.15. The van der Waals surface area contributed by atoms with Gasteiger partial charge in [0.25, 0.3) is 0 Å². The van der Waals surface area contributed by atoms with Crippen LogP contribution in [0.15, 0.2) is 53.3 Å². The van der Waals surface area contributed by atoms with E-state index >= 15 is 0 Å². The summed E-state index contributed by atoms with van der Waals surface area (Å²) in [6.07, 6.45) is 2.21. The summed E-state index contributed by atoms with van der Waals surface area (Å²) < 4.78 is 16.4. The zero-order valence-corrected chi connectivity index (χ0v) is 11.5. The lowest BCUT2D eigenvalue weighted by Crippen LogP contribution is -2.05. The second-order valence-corrected chi connectivity index (χ2v) is 4.60. The van der Waals surface area contributed by atoms with E-state index in [1.165, 1.54) is 6.39 Å². The number of nitrogens with two attached hydrogens (primary N) is 1. The van der Waals surface area contributed by atoms with Crippen LogP contribution in [0.3, 0.4) is 0 Å². The highest BCUT2D eigenvalue weighted by Gasteiger charge is 2.01. The highest BCUT2D eigenvalue weighted by Crippen LogP contribution is 2.19. The minimum atomic E-state index is 0.575. The lowest BCUT2D eigenvalue weighted by molar-refractivity contribution is 0.247. The number of benzene rings is 2. The average molecular weight is 284 g/mol. The van der Waals surface area contributed by atoms with Crippen molar-refractivity contribution in [3.63, 3.8) is 0 Å². The summed E-state index contributed by atoms with van der Waals surface area (Å²) in [5, 5.41) is 0. The van der Waals surface area contributed by atoms with Crippen molar-refractivity contribution in [3.05, 3.63) is 48.9 Å². The number of hydrogen-bond acceptors (Lipinski definition) is 5. The lowest BCUT2D eigenvalue weighted by atomic mass is 10.3. The van der Waals surface area contributed by atoms with Gasteiger partial charge in [0, 0.05) is 24.2 Å². The first-order valence-electron chi connectivity index (χ1n) is 6.76. The van der Waals surface area contributed by atoms with Crippen molar-refractivity contribution in [1.29, 1.82) is 0 Å². The molecule has 1 heterocycles. The summed E-state index contributed by atoms with van der Waals surface area (Å²) in [4.78, 5) is 4.09. The van der Waals surface area contributed by atoms with Crippen molar-refractivity contribution in [2.24, 2.45) is 0 Å². The highest BCUT2D eigenvalue weighted by atomic mass is 16.5. The Morgan fingerprint density at radius 2 is 1.81 bits per heavy atom. The zero-order chi connectivity index (χ0) is 14.5. The number of ether oxygens (including phenoxy) is 2. The zero-order valence-electron chi connectivity index (χ0n) is 11.5. The van der Waals surface area contributed by atoms with Gasteiger partial charge in [-0.3, -0.25) is 0 Å². The fourth-order valence-corrected chi connectivity index (χ4v) is 1.97. The molecule has 2 N–H and O–H groups in total. The molecule has 108 valence electrons. The number of hydrogen-bond donors (Lipinski definition) is 1. The molecule has 3 aromatic rings. The average Bonchev–Trinajstić information content (AvgIpc) is 2.94. The molecule has 0 radical (unpaired) electrons. The van der Waals surface area contributed by atoms with Crippen LogP contribution in [0.5, 0.6) is 11.5 Å². The van der Waals surface area contributed by atoms with Crippen LogP contribution >= 0.6 is 0 Å². The molecule has 0 amide bonds. The molecular formula is C16H16N2O3. The van der Waals surface area contributed by atoms with E-state index in [0.29, 0.717) is 18.9 Å². The Labute approximate surface area is 122 Å². The van der Waals surface area contributed by atoms with Crippen LogP contribution in [0, 0.1) is 0 Å². The van der Waals surface area contributed by atoms with Gasteiger partial charge >= 0.3 is 0 Å². The summed E-state index contributed by atoms with van der Waals surface area (Å²) in [5.41, 5.74) is 7.93. The standard InChI is InChI=1S/C16H16N2O3/c17-12-3-1-4-13(9-12)19-7-2-8-20-14-5-6-16-15(10-14)18-11-21-16/h1,3-6,9-11H,2,7-8,17H2. The number of nitrogens with zero attached hydrogens (tertiary/aromatic N) is 1. The van der Waals surface area contributed by atoms with Gasteiger partial charge in [-0.1, -0.05) is 6.07 Å². The van der Waals surface area contributed by atoms with E-state index in [1.54, 1.807) is 6.07 Å². The van der Waals surface area contributed by atoms with Gasteiger partial charge in [0.2, 0.25) is 0 Å². The number of fused-ring (bicyclic) bond motifs is 1. The molecule has 5 heteroatoms. The molecular weight excluding hydrogens is 268 g/mol. The maximum atomic E-state index is 5.68. The Morgan fingerprint density at radius 1 is 1.00 bits per heavy atom. The van der Waals surface area contributed by atoms with E-state index in [4.69, 9.17) is 19.6 Å². The molecule has 0 aliphatic carbocycles. The highest BCUT2D eigenvalue weighted by molar-refractivity contribution is 5.73. The van der Waals surface area contributed by atoms with Crippen LogP contribution in [-0.2, 0) is 0 Å². The topological polar surface area (TPSA) is 70.5 Å². The maximum Gasteiger partial charge on any atom is 0.181 e. The fourth-order valence-electron chi connectivity index (χ4n) is 1.97. The van der Waals surface area contributed by atoms with E-state index in [0.717, 1.165) is 29.0 Å². The molecule has 0 aliphatic rings. The third-order valence-corrected chi connectivity index (χ3v) is 2.99. The molecule has 0 aliphatic heterocycles. The quantitative estimate of drug-likeness (QED) is 0.555. The monoisotopic (exact) mass is 284 g/mol. The van der Waals surface area contributed by atoms with Crippen LogP contribution in [-0.4, -0.2) is 18.2 Å². The van der Waals surface area contributed by atoms with Crippen molar-refractivity contribution in [1.82, 2.24) is 4.98 Å². The normalized spacial score (nSPS) is 10.7. The Bertz CT molecular complexity index is 724. The molecule has 1 aromatic heterocycles. The molecule has 0 unspecified atom stereocenters. The van der Waals surface area contributed by atoms with Gasteiger partial charge in [0.05, 0.1) is 13.2 Å². The molecule has 0 fully saturated rings. The van der Waals surface area contributed by atoms with Crippen LogP contribution in [0.2, 0.25) is 0 Å². The third-order valence-electron chi connectivity index (χ3n) is 2.99. The number of rotatable bonds is 6. The van der Waals surface area contributed by atoms with Crippen molar-refractivity contribution < 1.29 is 13.9 Å². The largest absolute Gasteiger partial charge is 0.493 e. The van der Waals surface area contributed by atoms with Crippen molar-refractivity contribution in [2.75, 3.05) is 18.9 Å². The maximum absolute atomic E-state index is 5.68. The Hall–Kier alpha value is -2.69. The molecule has 0 spiro atoms. The number of aromatic nitrogens is 1. The lowest BCUT2D eigenvalue weighted by Gasteiger charge is -2.08. The Balaban J connectivity index is 1.43. The second kappa shape index (κ2) is 6.17. The molecule has 5 nitrogen and oxygen atoms in total. The summed E-state index contributed by atoms with van der Waals surface area (Å²) in [6, 6.07) is 13.0. The van der Waals surface area contributed by atoms with E-state index in [2.05, 4.69) is 4.98 Å². The van der Waals surface area contributed by atoms with Gasteiger partial charge < -0.3 is 19.6 Å². The fraction of sp³-hybridized carbons (Fsp3) is 0.188. The summed E-state index contributed by atoms with van der Waals surface area (Å²) in [5.74, 6) is 1.55. The van der Waals surface area contributed by atoms with Gasteiger partial charge in [0.15, 0.2) is 12.0 Å². The van der Waals surface area contributed by atoms with Gasteiger partial charge in [-0.25, -0.2) is 4.98 Å². The molecule has 0 saturated carbocycles. The summed E-state index contributed by atoms with van der Waals surface area (Å²) >= 11 is 0. The van der Waals surface area contributed by atoms with Crippen LogP contribution < -0.4 is 15.2 Å². The Kier molecular flexibility index (Phi) is 3.91. The van der Waals surface area contributed by atoms with Crippen molar-refractivity contribution >= 4 is 16.8 Å². The predicted octanol–water partition coefficient (Wildman–Crippen LogP) is 3.26. The van der Waals surface area contributed by atoms with Crippen LogP contribution in [0.1, 0.15) is 6.42 Å². The number of nitrogen functional groups attached to an aromatic ring is 1. The van der Waals surface area contributed by atoms with E-state index in [-0.39, 0.29) is 0 Å². The van der Waals surface area contributed by atoms with Gasteiger partial charge in [-0.05, 0) is 24.3 Å². The van der Waals surface area contributed by atoms with E-state index in [9.17, 15) is 0 Å². The van der Waals surface area contributed by atoms with Crippen LogP contribution in [0.25, 0.3) is 11.1 Å². The van der Waals surface area contributed by atoms with Gasteiger partial charge in [-0.2, -0.15) is 0 Å². The molecule has 0 bridgehead atoms. The first-order valence-corrected chi connectivity index (χ1v) is 6.76. The van der Waals surface area contributed by atoms with E-state index in [1.807, 2.05) is 36.4 Å². The molecule has 0 saturated heterocycles. The van der Waals surface area contributed by atoms with Gasteiger partial charge in [-0.15, -0.1) is 0 Å². The number of anilines is 1. The predicted molar refractivity (Wildman–Crippen MR) is 80.5 cm³/mol. The second-order valence-electron chi connectivity index (χ2n) is 4.60. The molecule has 21 heavy (non-hydrogen) atoms. The molecule has 3 rings (SSSR count). The summed E-state index contributed by atoms with van der Waals surface area (Å²) in [7, 11) is 0. The molecule has 0 atom stereocenters. The first kappa shape index (κ1) is 13.3. The minimum absolute atomic E-state index is 0.575. The van der Waals surface area contributed by atoms with Crippen molar-refractivity contribution in [3.8, 4) is 11.5 Å². The Morgan fingerprint density at radius 3 is 2.62 bits per heavy atom. The SMILES string of the molecule is Nc1cccc(OCCCOc2ccc3ocnc3c2)c1. The minimum Gasteiger partial charge on any atom is -0.493 e. The third kappa shape index (κ3) is 3.45. The molecule has 2 aromatic carbocycles. The van der Waals surface area contributed by atoms with Gasteiger partial charge in [0.1, 0.15) is 17.0 Å².